The van der Waals surface area contributed by atoms with Gasteiger partial charge in [-0.15, -0.1) is 5.10 Å². The molecule has 0 saturated carbocycles. The van der Waals surface area contributed by atoms with Gasteiger partial charge in [-0.2, -0.15) is 17.7 Å². The molecule has 0 fully saturated rings. The second kappa shape index (κ2) is 5.41. The molecule has 22 heavy (non-hydrogen) atoms. The molecule has 0 aliphatic rings. The Morgan fingerprint density at radius 2 is 2.09 bits per heavy atom. The van der Waals surface area contributed by atoms with Gasteiger partial charge in [0.1, 0.15) is 0 Å². The first-order chi connectivity index (χ1) is 10.4. The van der Waals surface area contributed by atoms with E-state index in [0.717, 1.165) is 15.9 Å². The van der Waals surface area contributed by atoms with Gasteiger partial charge in [0.2, 0.25) is 10.1 Å². The molecule has 0 amide bonds. The minimum absolute atomic E-state index is 0.147. The molecule has 0 atom stereocenters. The zero-order valence-corrected chi connectivity index (χ0v) is 11.8. The molecule has 3 aromatic rings. The van der Waals surface area contributed by atoms with Crippen LogP contribution >= 0.6 is 11.3 Å². The number of anilines is 2. The largest absolute Gasteiger partial charge is 0.393 e. The summed E-state index contributed by atoms with van der Waals surface area (Å²) >= 11 is 1.13. The van der Waals surface area contributed by atoms with Crippen LogP contribution in [0.2, 0.25) is 0 Å². The highest BCUT2D eigenvalue weighted by atomic mass is 32.1. The molecule has 0 unspecified atom stereocenters. The standard InChI is InChI=1S/C13H9F3N4OS/c14-13(15,16)7-8-2-1-3-9(6-8)18-11-19-20-10(21)4-5-17-12(20)22-11/h1-6H,7H2,(H,18,19). The fourth-order valence-electron chi connectivity index (χ4n) is 1.91. The van der Waals surface area contributed by atoms with Gasteiger partial charge in [-0.25, -0.2) is 4.98 Å². The van der Waals surface area contributed by atoms with Gasteiger partial charge in [0.05, 0.1) is 6.42 Å². The van der Waals surface area contributed by atoms with Gasteiger partial charge >= 0.3 is 6.18 Å². The van der Waals surface area contributed by atoms with Gasteiger partial charge in [0.15, 0.2) is 0 Å². The summed E-state index contributed by atoms with van der Waals surface area (Å²) in [6, 6.07) is 7.24. The molecule has 0 aliphatic heterocycles. The van der Waals surface area contributed by atoms with Gasteiger partial charge in [-0.1, -0.05) is 23.5 Å². The normalized spacial score (nSPS) is 11.8. The molecule has 0 radical (unpaired) electrons. The molecule has 2 heterocycles. The van der Waals surface area contributed by atoms with Crippen LogP contribution in [0.25, 0.3) is 4.96 Å². The Kier molecular flexibility index (Phi) is 3.57. The summed E-state index contributed by atoms with van der Waals surface area (Å²) in [6.07, 6.45) is -3.88. The van der Waals surface area contributed by atoms with Crippen LogP contribution in [0.15, 0.2) is 41.3 Å². The minimum atomic E-state index is -4.26. The maximum atomic E-state index is 12.4. The highest BCUT2D eigenvalue weighted by Crippen LogP contribution is 2.25. The first kappa shape index (κ1) is 14.5. The lowest BCUT2D eigenvalue weighted by molar-refractivity contribution is -0.127. The molecule has 2 aromatic heterocycles. The van der Waals surface area contributed by atoms with E-state index in [1.54, 1.807) is 6.07 Å². The van der Waals surface area contributed by atoms with Crippen molar-refractivity contribution in [3.05, 3.63) is 52.4 Å². The molecule has 9 heteroatoms. The van der Waals surface area contributed by atoms with Crippen LogP contribution < -0.4 is 10.9 Å². The number of hydrogen-bond donors (Lipinski definition) is 1. The number of fused-ring (bicyclic) bond motifs is 1. The van der Waals surface area contributed by atoms with Gasteiger partial charge in [-0.05, 0) is 17.7 Å². The second-order valence-electron chi connectivity index (χ2n) is 4.50. The molecular weight excluding hydrogens is 317 g/mol. The average molecular weight is 326 g/mol. The van der Waals surface area contributed by atoms with E-state index in [2.05, 4.69) is 15.4 Å². The van der Waals surface area contributed by atoms with Crippen LogP contribution in [0.5, 0.6) is 0 Å². The Hall–Kier alpha value is -2.42. The van der Waals surface area contributed by atoms with E-state index in [4.69, 9.17) is 0 Å². The number of rotatable bonds is 3. The smallest absolute Gasteiger partial charge is 0.330 e. The zero-order valence-electron chi connectivity index (χ0n) is 11.0. The SMILES string of the molecule is O=c1ccnc2sc(Nc3cccc(CC(F)(F)F)c3)nn12. The van der Waals surface area contributed by atoms with Gasteiger partial charge in [0, 0.05) is 18.0 Å². The Balaban J connectivity index is 1.87. The van der Waals surface area contributed by atoms with Crippen molar-refractivity contribution in [2.75, 3.05) is 5.32 Å². The molecule has 0 aliphatic carbocycles. The number of halogens is 3. The fraction of sp³-hybridized carbons (Fsp3) is 0.154. The Morgan fingerprint density at radius 1 is 1.27 bits per heavy atom. The fourth-order valence-corrected chi connectivity index (χ4v) is 2.70. The van der Waals surface area contributed by atoms with Crippen LogP contribution in [0.4, 0.5) is 24.0 Å². The minimum Gasteiger partial charge on any atom is -0.330 e. The molecule has 0 saturated heterocycles. The maximum Gasteiger partial charge on any atom is 0.393 e. The van der Waals surface area contributed by atoms with Crippen LogP contribution in [-0.4, -0.2) is 20.8 Å². The molecule has 3 rings (SSSR count). The van der Waals surface area contributed by atoms with Crippen LogP contribution in [-0.2, 0) is 6.42 Å². The summed E-state index contributed by atoms with van der Waals surface area (Å²) in [5, 5.41) is 7.30. The number of benzene rings is 1. The van der Waals surface area contributed by atoms with Crippen molar-refractivity contribution < 1.29 is 13.2 Å². The summed E-state index contributed by atoms with van der Waals surface area (Å²) < 4.78 is 38.4. The monoisotopic (exact) mass is 326 g/mol. The van der Waals surface area contributed by atoms with E-state index in [1.807, 2.05) is 0 Å². The van der Waals surface area contributed by atoms with E-state index in [0.29, 0.717) is 15.8 Å². The summed E-state index contributed by atoms with van der Waals surface area (Å²) in [5.41, 5.74) is 0.294. The lowest BCUT2D eigenvalue weighted by Gasteiger charge is -2.08. The molecule has 0 bridgehead atoms. The summed E-state index contributed by atoms with van der Waals surface area (Å²) in [6.45, 7) is 0. The highest BCUT2D eigenvalue weighted by molar-refractivity contribution is 7.20. The van der Waals surface area contributed by atoms with E-state index in [9.17, 15) is 18.0 Å². The van der Waals surface area contributed by atoms with E-state index in [1.165, 1.54) is 30.5 Å². The third kappa shape index (κ3) is 3.25. The van der Waals surface area contributed by atoms with Crippen LogP contribution in [0.1, 0.15) is 5.56 Å². The first-order valence-electron chi connectivity index (χ1n) is 6.18. The van der Waals surface area contributed by atoms with Crippen molar-refractivity contribution >= 4 is 27.1 Å². The van der Waals surface area contributed by atoms with Gasteiger partial charge in [-0.3, -0.25) is 4.79 Å². The van der Waals surface area contributed by atoms with Crippen molar-refractivity contribution in [3.63, 3.8) is 0 Å². The maximum absolute atomic E-state index is 12.4. The number of nitrogens with zero attached hydrogens (tertiary/aromatic N) is 3. The third-order valence-corrected chi connectivity index (χ3v) is 3.59. The topological polar surface area (TPSA) is 59.3 Å². The summed E-state index contributed by atoms with van der Waals surface area (Å²) in [5.74, 6) is 0. The Labute approximate surface area is 126 Å². The Bertz CT molecular complexity index is 871. The molecular formula is C13H9F3N4OS. The van der Waals surface area contributed by atoms with Gasteiger partial charge < -0.3 is 5.32 Å². The lowest BCUT2D eigenvalue weighted by atomic mass is 10.1. The van der Waals surface area contributed by atoms with Crippen molar-refractivity contribution in [2.24, 2.45) is 0 Å². The highest BCUT2D eigenvalue weighted by Gasteiger charge is 2.27. The molecule has 5 nitrogen and oxygen atoms in total. The lowest BCUT2D eigenvalue weighted by Crippen LogP contribution is -2.12. The van der Waals surface area contributed by atoms with E-state index in [-0.39, 0.29) is 11.1 Å². The number of hydrogen-bond acceptors (Lipinski definition) is 5. The zero-order chi connectivity index (χ0) is 15.7. The third-order valence-electron chi connectivity index (χ3n) is 2.75. The van der Waals surface area contributed by atoms with E-state index < -0.39 is 12.6 Å². The number of alkyl halides is 3. The van der Waals surface area contributed by atoms with E-state index >= 15 is 0 Å². The van der Waals surface area contributed by atoms with Crippen LogP contribution in [0.3, 0.4) is 0 Å². The average Bonchev–Trinajstić information content (AvgIpc) is 2.81. The van der Waals surface area contributed by atoms with Crippen LogP contribution in [0, 0.1) is 0 Å². The quantitative estimate of drug-likeness (QED) is 0.804. The van der Waals surface area contributed by atoms with Gasteiger partial charge in [0.25, 0.3) is 5.56 Å². The molecule has 1 aromatic carbocycles. The van der Waals surface area contributed by atoms with Crippen molar-refractivity contribution in [1.29, 1.82) is 0 Å². The number of nitrogens with one attached hydrogen (secondary N) is 1. The second-order valence-corrected chi connectivity index (χ2v) is 5.46. The number of aromatic nitrogens is 3. The Morgan fingerprint density at radius 3 is 2.82 bits per heavy atom. The van der Waals surface area contributed by atoms with Crippen molar-refractivity contribution in [2.45, 2.75) is 12.6 Å². The first-order valence-corrected chi connectivity index (χ1v) is 7.00. The summed E-state index contributed by atoms with van der Waals surface area (Å²) in [7, 11) is 0. The predicted octanol–water partition coefficient (Wildman–Crippen LogP) is 3.00. The molecule has 1 N–H and O–H groups in total. The van der Waals surface area contributed by atoms with Crippen molar-refractivity contribution in [1.82, 2.24) is 14.6 Å². The summed E-state index contributed by atoms with van der Waals surface area (Å²) in [4.78, 5) is 16.0. The molecule has 114 valence electrons. The predicted molar refractivity (Wildman–Crippen MR) is 76.6 cm³/mol. The molecule has 0 spiro atoms. The van der Waals surface area contributed by atoms with Crippen molar-refractivity contribution in [3.8, 4) is 0 Å².